The van der Waals surface area contributed by atoms with E-state index >= 15 is 0 Å². The number of esters is 1. The first-order chi connectivity index (χ1) is 10.9. The Labute approximate surface area is 131 Å². The van der Waals surface area contributed by atoms with Gasteiger partial charge in [0.05, 0.1) is 4.92 Å². The number of hydrogen-bond acceptors (Lipinski definition) is 5. The van der Waals surface area contributed by atoms with Gasteiger partial charge in [0.1, 0.15) is 5.69 Å². The molecular weight excluding hydrogens is 302 g/mol. The third kappa shape index (κ3) is 3.94. The summed E-state index contributed by atoms with van der Waals surface area (Å²) < 4.78 is 6.66. The van der Waals surface area contributed by atoms with Crippen LogP contribution in [0.2, 0.25) is 0 Å². The van der Waals surface area contributed by atoms with Crippen molar-refractivity contribution in [1.82, 2.24) is 4.57 Å². The first kappa shape index (κ1) is 16.2. The highest BCUT2D eigenvalue weighted by atomic mass is 16.6. The van der Waals surface area contributed by atoms with Crippen LogP contribution in [0.3, 0.4) is 0 Å². The summed E-state index contributed by atoms with van der Waals surface area (Å²) in [7, 11) is 1.68. The van der Waals surface area contributed by atoms with E-state index in [4.69, 9.17) is 4.74 Å². The maximum absolute atomic E-state index is 12.0. The van der Waals surface area contributed by atoms with Crippen LogP contribution in [0, 0.1) is 10.1 Å². The van der Waals surface area contributed by atoms with E-state index in [9.17, 15) is 19.7 Å². The van der Waals surface area contributed by atoms with E-state index in [1.165, 1.54) is 31.2 Å². The van der Waals surface area contributed by atoms with Crippen LogP contribution < -0.4 is 5.32 Å². The van der Waals surface area contributed by atoms with Gasteiger partial charge in [-0.3, -0.25) is 14.9 Å². The molecule has 1 unspecified atom stereocenters. The fourth-order valence-electron chi connectivity index (χ4n) is 1.89. The molecule has 1 aromatic heterocycles. The van der Waals surface area contributed by atoms with Gasteiger partial charge in [-0.15, -0.1) is 0 Å². The number of aromatic nitrogens is 1. The van der Waals surface area contributed by atoms with Gasteiger partial charge in [-0.2, -0.15) is 0 Å². The number of benzene rings is 1. The summed E-state index contributed by atoms with van der Waals surface area (Å²) in [6.45, 7) is 1.42. The average Bonchev–Trinajstić information content (AvgIpc) is 2.93. The number of carbonyl (C=O) groups is 2. The largest absolute Gasteiger partial charge is 0.448 e. The zero-order chi connectivity index (χ0) is 17.0. The van der Waals surface area contributed by atoms with Crippen molar-refractivity contribution in [2.45, 2.75) is 13.0 Å². The van der Waals surface area contributed by atoms with Crippen LogP contribution in [0.15, 0.2) is 42.6 Å². The monoisotopic (exact) mass is 317 g/mol. The lowest BCUT2D eigenvalue weighted by atomic mass is 10.2. The fraction of sp³-hybridized carbons (Fsp3) is 0.200. The normalized spacial score (nSPS) is 11.6. The Morgan fingerprint density at radius 3 is 2.65 bits per heavy atom. The van der Waals surface area contributed by atoms with Crippen molar-refractivity contribution >= 4 is 23.3 Å². The summed E-state index contributed by atoms with van der Waals surface area (Å²) in [5.74, 6) is -1.20. The second-order valence-electron chi connectivity index (χ2n) is 4.85. The van der Waals surface area contributed by atoms with Crippen LogP contribution in [0.5, 0.6) is 0 Å². The number of aryl methyl sites for hydroxylation is 1. The molecule has 8 nitrogen and oxygen atoms in total. The molecule has 2 rings (SSSR count). The Kier molecular flexibility index (Phi) is 4.75. The Morgan fingerprint density at radius 1 is 1.30 bits per heavy atom. The minimum absolute atomic E-state index is 0.142. The van der Waals surface area contributed by atoms with Crippen molar-refractivity contribution in [3.05, 3.63) is 58.4 Å². The first-order valence-electron chi connectivity index (χ1n) is 6.76. The van der Waals surface area contributed by atoms with Gasteiger partial charge in [-0.05, 0) is 25.1 Å². The van der Waals surface area contributed by atoms with Gasteiger partial charge in [0, 0.05) is 31.1 Å². The highest BCUT2D eigenvalue weighted by molar-refractivity contribution is 5.97. The topological polar surface area (TPSA) is 103 Å². The predicted molar refractivity (Wildman–Crippen MR) is 82.0 cm³/mol. The third-order valence-electron chi connectivity index (χ3n) is 3.13. The minimum Gasteiger partial charge on any atom is -0.448 e. The van der Waals surface area contributed by atoms with E-state index in [-0.39, 0.29) is 11.4 Å². The molecule has 0 aliphatic rings. The molecule has 120 valence electrons. The van der Waals surface area contributed by atoms with Crippen LogP contribution in [-0.2, 0) is 16.6 Å². The zero-order valence-electron chi connectivity index (χ0n) is 12.6. The fourth-order valence-corrected chi connectivity index (χ4v) is 1.89. The molecule has 1 N–H and O–H groups in total. The molecule has 1 aromatic carbocycles. The molecule has 0 aliphatic carbocycles. The van der Waals surface area contributed by atoms with Crippen LogP contribution in [0.1, 0.15) is 17.4 Å². The molecule has 0 saturated carbocycles. The number of nitrogens with one attached hydrogen (secondary N) is 1. The van der Waals surface area contributed by atoms with Crippen molar-refractivity contribution in [2.24, 2.45) is 7.05 Å². The highest BCUT2D eigenvalue weighted by Crippen LogP contribution is 2.17. The quantitative estimate of drug-likeness (QED) is 0.517. The van der Waals surface area contributed by atoms with E-state index in [0.717, 1.165) is 0 Å². The molecule has 0 radical (unpaired) electrons. The number of non-ortho nitro benzene ring substituents is 1. The van der Waals surface area contributed by atoms with Crippen LogP contribution in [-0.4, -0.2) is 27.5 Å². The van der Waals surface area contributed by atoms with Crippen LogP contribution in [0.4, 0.5) is 11.4 Å². The lowest BCUT2D eigenvalue weighted by molar-refractivity contribution is -0.384. The molecule has 1 heterocycles. The van der Waals surface area contributed by atoms with E-state index in [1.54, 1.807) is 29.9 Å². The standard InChI is InChI=1S/C15H15N3O5/c1-10(23-15(20)13-7-4-8-17(13)2)14(19)16-11-5-3-6-12(9-11)18(21)22/h3-10H,1-2H3,(H,16,19). The van der Waals surface area contributed by atoms with Crippen LogP contribution >= 0.6 is 0 Å². The number of nitrogens with zero attached hydrogens (tertiary/aromatic N) is 2. The molecule has 0 bridgehead atoms. The molecule has 1 atom stereocenters. The third-order valence-corrected chi connectivity index (χ3v) is 3.13. The number of nitro benzene ring substituents is 1. The van der Waals surface area contributed by atoms with E-state index in [0.29, 0.717) is 5.69 Å². The van der Waals surface area contributed by atoms with Gasteiger partial charge in [0.25, 0.3) is 11.6 Å². The number of ether oxygens (including phenoxy) is 1. The molecule has 0 saturated heterocycles. The summed E-state index contributed by atoms with van der Waals surface area (Å²) in [4.78, 5) is 34.1. The first-order valence-corrected chi connectivity index (χ1v) is 6.76. The average molecular weight is 317 g/mol. The number of carbonyl (C=O) groups excluding carboxylic acids is 2. The number of hydrogen-bond donors (Lipinski definition) is 1. The Balaban J connectivity index is 2.00. The second kappa shape index (κ2) is 6.73. The number of nitro groups is 1. The lowest BCUT2D eigenvalue weighted by Gasteiger charge is -2.13. The lowest BCUT2D eigenvalue weighted by Crippen LogP contribution is -2.30. The minimum atomic E-state index is -1.04. The number of amides is 1. The van der Waals surface area contributed by atoms with Gasteiger partial charge < -0.3 is 14.6 Å². The molecule has 0 aliphatic heterocycles. The molecule has 0 spiro atoms. The molecule has 8 heteroatoms. The molecule has 1 amide bonds. The van der Waals surface area contributed by atoms with Crippen molar-refractivity contribution in [3.63, 3.8) is 0 Å². The number of anilines is 1. The molecular formula is C15H15N3O5. The summed E-state index contributed by atoms with van der Waals surface area (Å²) >= 11 is 0. The molecule has 23 heavy (non-hydrogen) atoms. The summed E-state index contributed by atoms with van der Waals surface area (Å²) in [6.07, 6.45) is 0.640. The van der Waals surface area contributed by atoms with Gasteiger partial charge in [-0.25, -0.2) is 4.79 Å². The van der Waals surface area contributed by atoms with Gasteiger partial charge in [0.15, 0.2) is 6.10 Å². The summed E-state index contributed by atoms with van der Waals surface area (Å²) in [6, 6.07) is 8.77. The Bertz CT molecular complexity index is 753. The van der Waals surface area contributed by atoms with Crippen molar-refractivity contribution in [1.29, 1.82) is 0 Å². The van der Waals surface area contributed by atoms with Crippen molar-refractivity contribution in [3.8, 4) is 0 Å². The van der Waals surface area contributed by atoms with Gasteiger partial charge in [-0.1, -0.05) is 6.07 Å². The summed E-state index contributed by atoms with van der Waals surface area (Å²) in [5.41, 5.74) is 0.433. The van der Waals surface area contributed by atoms with E-state index < -0.39 is 22.9 Å². The SMILES string of the molecule is CC(OC(=O)c1cccn1C)C(=O)Nc1cccc([N+](=O)[O-])c1. The zero-order valence-corrected chi connectivity index (χ0v) is 12.6. The van der Waals surface area contributed by atoms with Gasteiger partial charge >= 0.3 is 5.97 Å². The van der Waals surface area contributed by atoms with E-state index in [1.807, 2.05) is 0 Å². The molecule has 0 fully saturated rings. The van der Waals surface area contributed by atoms with Crippen LogP contribution in [0.25, 0.3) is 0 Å². The predicted octanol–water partition coefficient (Wildman–Crippen LogP) is 2.12. The Hall–Kier alpha value is -3.16. The van der Waals surface area contributed by atoms with Crippen molar-refractivity contribution < 1.29 is 19.2 Å². The highest BCUT2D eigenvalue weighted by Gasteiger charge is 2.20. The number of rotatable bonds is 5. The Morgan fingerprint density at radius 2 is 2.04 bits per heavy atom. The van der Waals surface area contributed by atoms with Gasteiger partial charge in [0.2, 0.25) is 0 Å². The summed E-state index contributed by atoms with van der Waals surface area (Å²) in [5, 5.41) is 13.2. The smallest absolute Gasteiger partial charge is 0.355 e. The maximum atomic E-state index is 12.0. The second-order valence-corrected chi connectivity index (χ2v) is 4.85. The maximum Gasteiger partial charge on any atom is 0.355 e. The van der Waals surface area contributed by atoms with Crippen molar-refractivity contribution in [2.75, 3.05) is 5.32 Å². The van der Waals surface area contributed by atoms with E-state index in [2.05, 4.69) is 5.32 Å². The molecule has 2 aromatic rings.